The van der Waals surface area contributed by atoms with Gasteiger partial charge in [0.2, 0.25) is 5.91 Å². The normalized spacial score (nSPS) is 26.0. The maximum absolute atomic E-state index is 16.1. The van der Waals surface area contributed by atoms with Crippen molar-refractivity contribution in [3.8, 4) is 0 Å². The van der Waals surface area contributed by atoms with Gasteiger partial charge in [0.15, 0.2) is 24.8 Å². The van der Waals surface area contributed by atoms with Crippen molar-refractivity contribution < 1.29 is 110 Å². The van der Waals surface area contributed by atoms with Gasteiger partial charge < -0.3 is 86.2 Å². The minimum absolute atomic E-state index is 0.0142. The number of hydrogen-bond donors (Lipinski definition) is 2. The Balaban J connectivity index is 1.27. The van der Waals surface area contributed by atoms with Gasteiger partial charge in [-0.1, -0.05) is 189 Å². The van der Waals surface area contributed by atoms with E-state index in [2.05, 4.69) is 25.0 Å². The number of carbonyl (C=O) groups excluding carboxylic acids is 6. The highest BCUT2D eigenvalue weighted by atomic mass is 32.2. The summed E-state index contributed by atoms with van der Waals surface area (Å²) in [4.78, 5) is 83.7. The molecule has 9 rings (SSSR count). The maximum Gasteiger partial charge on any atom is 0.368 e. The number of thioether (sulfide) groups is 1. The summed E-state index contributed by atoms with van der Waals surface area (Å²) >= 11 is 0.898. The molecule has 2 N–H and O–H groups in total. The molecule has 17 atom stereocenters. The fourth-order valence-corrected chi connectivity index (χ4v) is 14.4. The standard InChI is InChI=1S/C78H95NO23SSi/c1-50(80)79-64-68(66(96-53(4)83)63(95-52(3)82)49-91-51(2)81)101-78(77(86)87-6,74(69(64)97-54(5)84)103-60-38-26-15-27-39-60)102-70-65(85)61(47-88-42-55-28-16-10-17-29-55)98-76(72(70)93-45-58-34-22-13-23-35-58)100-67-62(48-89-43-56-30-18-11-19-31-56)99-75(90-40-41-104(7,8)9)73(94-46-59-36-24-14-25-37-59)71(67)92-44-57-32-20-12-21-33-57/h10-39,61-76,85H,40-49H2,1-9H3,(H,79,80)/t61-,62-,63-,64+,65+,66-,67-,68-,69-,70+,71+,72-,73-,74+,75-,76+,78+/m1/s1. The lowest BCUT2D eigenvalue weighted by molar-refractivity contribution is -0.394. The van der Waals surface area contributed by atoms with Crippen LogP contribution in [0.1, 0.15) is 62.4 Å². The average molecular weight is 1470 g/mol. The largest absolute Gasteiger partial charge is 0.465 e. The van der Waals surface area contributed by atoms with Crippen LogP contribution in [-0.2, 0) is 138 Å². The van der Waals surface area contributed by atoms with Gasteiger partial charge >= 0.3 is 29.8 Å². The summed E-state index contributed by atoms with van der Waals surface area (Å²) in [5, 5.41) is 14.7. The zero-order chi connectivity index (χ0) is 74.2. The number of rotatable bonds is 36. The number of carbonyl (C=O) groups is 6. The highest BCUT2D eigenvalue weighted by molar-refractivity contribution is 8.00. The molecule has 3 saturated heterocycles. The summed E-state index contributed by atoms with van der Waals surface area (Å²) in [6.45, 7) is 11.2. The van der Waals surface area contributed by atoms with Crippen LogP contribution in [-0.4, -0.2) is 185 Å². The highest BCUT2D eigenvalue weighted by Crippen LogP contribution is 2.48. The Bertz CT molecular complexity index is 3630. The number of aliphatic hydroxyl groups excluding tert-OH is 1. The first kappa shape index (κ1) is 80.3. The summed E-state index contributed by atoms with van der Waals surface area (Å²) in [6.07, 6.45) is -22.0. The lowest BCUT2D eigenvalue weighted by atomic mass is 9.87. The molecule has 0 aromatic heterocycles. The van der Waals surface area contributed by atoms with E-state index in [0.29, 0.717) is 17.1 Å². The van der Waals surface area contributed by atoms with Gasteiger partial charge in [-0.3, -0.25) is 24.0 Å². The number of aliphatic hydroxyl groups is 1. The maximum atomic E-state index is 16.1. The monoisotopic (exact) mass is 1470 g/mol. The molecule has 3 heterocycles. The fourth-order valence-electron chi connectivity index (χ4n) is 12.3. The second kappa shape index (κ2) is 39.5. The van der Waals surface area contributed by atoms with Gasteiger partial charge in [0.05, 0.1) is 59.4 Å². The van der Waals surface area contributed by atoms with E-state index in [9.17, 15) is 29.1 Å². The minimum Gasteiger partial charge on any atom is -0.465 e. The predicted molar refractivity (Wildman–Crippen MR) is 381 cm³/mol. The first-order valence-corrected chi connectivity index (χ1v) is 39.2. The molecular formula is C78H95NO23SSi. The number of benzene rings is 6. The van der Waals surface area contributed by atoms with Crippen LogP contribution < -0.4 is 5.32 Å². The van der Waals surface area contributed by atoms with Gasteiger partial charge in [-0.2, -0.15) is 0 Å². The van der Waals surface area contributed by atoms with Gasteiger partial charge in [-0.15, -0.1) is 11.8 Å². The number of ether oxygens (including phenoxy) is 16. The predicted octanol–water partition coefficient (Wildman–Crippen LogP) is 9.40. The highest BCUT2D eigenvalue weighted by Gasteiger charge is 2.68. The third-order valence-corrected chi connectivity index (χ3v) is 20.3. The molecule has 1 amide bonds. The summed E-state index contributed by atoms with van der Waals surface area (Å²) in [7, 11) is -0.699. The van der Waals surface area contributed by atoms with Gasteiger partial charge in [-0.25, -0.2) is 4.79 Å². The van der Waals surface area contributed by atoms with Gasteiger partial charge in [0.25, 0.3) is 5.79 Å². The second-order valence-electron chi connectivity index (χ2n) is 26.6. The number of nitrogens with one attached hydrogen (secondary N) is 1. The molecule has 26 heteroatoms. The van der Waals surface area contributed by atoms with Crippen LogP contribution >= 0.6 is 11.8 Å². The molecule has 0 unspecified atom stereocenters. The first-order chi connectivity index (χ1) is 50.1. The van der Waals surface area contributed by atoms with Crippen molar-refractivity contribution in [3.05, 3.63) is 210 Å². The van der Waals surface area contributed by atoms with Crippen molar-refractivity contribution in [1.82, 2.24) is 5.32 Å². The van der Waals surface area contributed by atoms with E-state index in [4.69, 9.17) is 75.8 Å². The molecule has 0 saturated carbocycles. The van der Waals surface area contributed by atoms with E-state index in [1.165, 1.54) is 0 Å². The molecule has 104 heavy (non-hydrogen) atoms. The molecule has 3 aliphatic heterocycles. The van der Waals surface area contributed by atoms with Crippen molar-refractivity contribution in [2.75, 3.05) is 33.5 Å². The van der Waals surface area contributed by atoms with Crippen molar-refractivity contribution in [1.29, 1.82) is 0 Å². The van der Waals surface area contributed by atoms with Crippen molar-refractivity contribution in [3.63, 3.8) is 0 Å². The molecule has 0 radical (unpaired) electrons. The summed E-state index contributed by atoms with van der Waals surface area (Å²) in [5.74, 6) is -8.89. The zero-order valence-electron chi connectivity index (χ0n) is 60.0. The van der Waals surface area contributed by atoms with Crippen molar-refractivity contribution in [2.24, 2.45) is 0 Å². The third-order valence-electron chi connectivity index (χ3n) is 17.2. The van der Waals surface area contributed by atoms with Crippen LogP contribution in [0.2, 0.25) is 25.7 Å². The summed E-state index contributed by atoms with van der Waals surface area (Å²) in [6, 6.07) is 54.6. The molecule has 560 valence electrons. The average Bonchev–Trinajstić information content (AvgIpc) is 0.724. The molecule has 0 spiro atoms. The topological polar surface area (TPSA) is 282 Å². The van der Waals surface area contributed by atoms with Crippen molar-refractivity contribution >= 4 is 55.6 Å². The number of hydrogen-bond acceptors (Lipinski definition) is 24. The quantitative estimate of drug-likeness (QED) is 0.0210. The van der Waals surface area contributed by atoms with Crippen LogP contribution in [0, 0.1) is 0 Å². The van der Waals surface area contributed by atoms with E-state index >= 15 is 4.79 Å². The van der Waals surface area contributed by atoms with Crippen LogP contribution in [0.4, 0.5) is 0 Å². The third kappa shape index (κ3) is 23.4. The van der Waals surface area contributed by atoms with Gasteiger partial charge in [0.1, 0.15) is 72.9 Å². The van der Waals surface area contributed by atoms with Gasteiger partial charge in [-0.05, 0) is 46.0 Å². The second-order valence-corrected chi connectivity index (χ2v) is 33.5. The Morgan fingerprint density at radius 3 is 1.45 bits per heavy atom. The summed E-state index contributed by atoms with van der Waals surface area (Å²) in [5.41, 5.74) is 3.88. The Kier molecular flexibility index (Phi) is 30.5. The molecule has 24 nitrogen and oxygen atoms in total. The lowest BCUT2D eigenvalue weighted by Gasteiger charge is -2.55. The molecule has 6 aromatic carbocycles. The zero-order valence-corrected chi connectivity index (χ0v) is 61.8. The molecule has 3 aliphatic rings. The van der Waals surface area contributed by atoms with Crippen LogP contribution in [0.3, 0.4) is 0 Å². The van der Waals surface area contributed by atoms with E-state index in [0.717, 1.165) is 81.8 Å². The SMILES string of the molecule is COC(=O)[C@]1(O[C@H]2[C@@H](O)[C@@H](COCc3ccccc3)O[C@@H](O[C@H]3[C@H](OCc4ccccc4)[C@@H](OCc4ccccc4)[C@H](OCC[Si](C)(C)C)O[C@@H]3COCc3ccccc3)[C@@H]2OCc2ccccc2)O[C@@H]([C@H](OC(C)=O)[C@@H](COC(C)=O)OC(C)=O)[C@H](NC(C)=O)[C@@H](OC(C)=O)[C@@H]1Sc1ccccc1. The van der Waals surface area contributed by atoms with E-state index < -0.39 is 153 Å². The van der Waals surface area contributed by atoms with E-state index in [-0.39, 0.29) is 46.2 Å². The number of esters is 5. The first-order valence-electron chi connectivity index (χ1n) is 34.6. The van der Waals surface area contributed by atoms with Crippen molar-refractivity contribution in [2.45, 2.75) is 201 Å². The number of methoxy groups -OCH3 is 1. The van der Waals surface area contributed by atoms with Gasteiger partial charge in [0, 0.05) is 54.2 Å². The Morgan fingerprint density at radius 1 is 0.529 bits per heavy atom. The molecule has 0 aliphatic carbocycles. The van der Waals surface area contributed by atoms with E-state index in [1.807, 2.05) is 127 Å². The van der Waals surface area contributed by atoms with Crippen LogP contribution in [0.15, 0.2) is 187 Å². The fraction of sp³-hybridized carbons (Fsp3) is 0.462. The Morgan fingerprint density at radius 2 is 0.990 bits per heavy atom. The smallest absolute Gasteiger partial charge is 0.368 e. The van der Waals surface area contributed by atoms with Crippen LogP contribution in [0.5, 0.6) is 0 Å². The molecule has 3 fully saturated rings. The lowest BCUT2D eigenvalue weighted by Crippen LogP contribution is -2.76. The summed E-state index contributed by atoms with van der Waals surface area (Å²) < 4.78 is 107. The minimum atomic E-state index is -3.06. The number of amides is 1. The molecule has 6 aromatic rings. The van der Waals surface area contributed by atoms with E-state index in [1.54, 1.807) is 54.6 Å². The molecular weight excluding hydrogens is 1380 g/mol. The Hall–Kier alpha value is -7.77. The van der Waals surface area contributed by atoms with Crippen LogP contribution in [0.25, 0.3) is 0 Å². The Labute approximate surface area is 612 Å². The molecule has 0 bridgehead atoms.